The third-order valence-electron chi connectivity index (χ3n) is 5.99. The lowest BCUT2D eigenvalue weighted by Gasteiger charge is -2.36. The Kier molecular flexibility index (Phi) is 6.94. The minimum Gasteiger partial charge on any atom is -0.340 e. The van der Waals surface area contributed by atoms with Crippen LogP contribution in [0.25, 0.3) is 0 Å². The summed E-state index contributed by atoms with van der Waals surface area (Å²) in [6.45, 7) is 15.6. The van der Waals surface area contributed by atoms with Gasteiger partial charge in [0.1, 0.15) is 5.37 Å². The molecule has 5 nitrogen and oxygen atoms in total. The molecule has 0 aliphatic carbocycles. The van der Waals surface area contributed by atoms with Gasteiger partial charge in [0.25, 0.3) is 0 Å². The van der Waals surface area contributed by atoms with Crippen LogP contribution in [0.15, 0.2) is 24.3 Å². The predicted octanol–water partition coefficient (Wildman–Crippen LogP) is 3.50. The van der Waals surface area contributed by atoms with Crippen LogP contribution in [0, 0.1) is 0 Å². The molecule has 1 aromatic rings. The molecule has 2 saturated heterocycles. The zero-order chi connectivity index (χ0) is 21.2. The summed E-state index contributed by atoms with van der Waals surface area (Å²) in [6, 6.07) is 8.77. The first kappa shape index (κ1) is 22.2. The topological polar surface area (TPSA) is 43.9 Å². The summed E-state index contributed by atoms with van der Waals surface area (Å²) in [4.78, 5) is 31.0. The molecule has 6 heteroatoms. The summed E-state index contributed by atoms with van der Waals surface area (Å²) in [5.41, 5.74) is 2.65. The molecule has 2 amide bonds. The van der Waals surface area contributed by atoms with Crippen molar-refractivity contribution in [3.63, 3.8) is 0 Å². The molecule has 2 fully saturated rings. The lowest BCUT2D eigenvalue weighted by atomic mass is 9.86. The predicted molar refractivity (Wildman–Crippen MR) is 120 cm³/mol. The number of thioether (sulfide) groups is 1. The largest absolute Gasteiger partial charge is 0.340 e. The van der Waals surface area contributed by atoms with E-state index in [2.05, 4.69) is 49.9 Å². The lowest BCUT2D eigenvalue weighted by molar-refractivity contribution is -0.132. The number of rotatable bonds is 5. The van der Waals surface area contributed by atoms with Gasteiger partial charge in [0.2, 0.25) is 11.8 Å². The number of hydrogen-bond acceptors (Lipinski definition) is 4. The van der Waals surface area contributed by atoms with Crippen molar-refractivity contribution in [3.8, 4) is 0 Å². The van der Waals surface area contributed by atoms with Gasteiger partial charge in [-0.3, -0.25) is 14.5 Å². The molecule has 1 aromatic carbocycles. The molecule has 0 unspecified atom stereocenters. The van der Waals surface area contributed by atoms with Crippen molar-refractivity contribution < 1.29 is 9.59 Å². The Morgan fingerprint density at radius 3 is 2.24 bits per heavy atom. The van der Waals surface area contributed by atoms with Crippen LogP contribution >= 0.6 is 11.8 Å². The summed E-state index contributed by atoms with van der Waals surface area (Å²) in [5.74, 6) is 0.475. The van der Waals surface area contributed by atoms with Crippen LogP contribution in [0.5, 0.6) is 0 Å². The van der Waals surface area contributed by atoms with E-state index in [1.54, 1.807) is 11.8 Å². The maximum atomic E-state index is 12.8. The summed E-state index contributed by atoms with van der Waals surface area (Å²) < 4.78 is 0. The summed E-state index contributed by atoms with van der Waals surface area (Å²) in [6.07, 6.45) is 0.576. The molecule has 0 saturated carbocycles. The Morgan fingerprint density at radius 1 is 1.07 bits per heavy atom. The summed E-state index contributed by atoms with van der Waals surface area (Å²) >= 11 is 1.75. The molecular weight excluding hydrogens is 382 g/mol. The highest BCUT2D eigenvalue weighted by Gasteiger charge is 2.38. The fourth-order valence-corrected chi connectivity index (χ4v) is 5.31. The Balaban J connectivity index is 1.61. The second-order valence-corrected chi connectivity index (χ2v) is 10.5. The minimum absolute atomic E-state index is 0.00122. The fourth-order valence-electron chi connectivity index (χ4n) is 4.00. The van der Waals surface area contributed by atoms with Crippen LogP contribution in [-0.4, -0.2) is 71.0 Å². The van der Waals surface area contributed by atoms with Crippen LogP contribution in [0.1, 0.15) is 57.5 Å². The molecule has 0 aromatic heterocycles. The highest BCUT2D eigenvalue weighted by atomic mass is 32.2. The van der Waals surface area contributed by atoms with E-state index in [0.717, 1.165) is 39.3 Å². The molecule has 2 atom stereocenters. The maximum absolute atomic E-state index is 12.8. The Bertz CT molecular complexity index is 721. The van der Waals surface area contributed by atoms with Crippen molar-refractivity contribution in [1.29, 1.82) is 0 Å². The molecule has 0 spiro atoms. The lowest BCUT2D eigenvalue weighted by Crippen LogP contribution is -2.50. The van der Waals surface area contributed by atoms with Crippen molar-refractivity contribution in [2.24, 2.45) is 0 Å². The van der Waals surface area contributed by atoms with Gasteiger partial charge in [-0.25, -0.2) is 0 Å². The van der Waals surface area contributed by atoms with E-state index in [0.29, 0.717) is 6.42 Å². The highest BCUT2D eigenvalue weighted by molar-refractivity contribution is 8.01. The Morgan fingerprint density at radius 2 is 1.69 bits per heavy atom. The van der Waals surface area contributed by atoms with Gasteiger partial charge >= 0.3 is 0 Å². The molecule has 2 heterocycles. The zero-order valence-electron chi connectivity index (χ0n) is 18.5. The van der Waals surface area contributed by atoms with Gasteiger partial charge < -0.3 is 9.80 Å². The normalized spacial score (nSPS) is 23.7. The van der Waals surface area contributed by atoms with Crippen molar-refractivity contribution in [3.05, 3.63) is 35.4 Å². The third kappa shape index (κ3) is 5.15. The van der Waals surface area contributed by atoms with Crippen molar-refractivity contribution in [2.45, 2.75) is 57.1 Å². The number of hydrogen-bond donors (Lipinski definition) is 0. The molecular formula is C23H35N3O2S. The SMILES string of the molecule is CCC(=O)N1CCN(CCN2C(=O)[C@@H](C)S[C@@H]2c2ccc(C(C)(C)C)cc2)CC1. The highest BCUT2D eigenvalue weighted by Crippen LogP contribution is 2.43. The molecule has 2 aliphatic rings. The van der Waals surface area contributed by atoms with Crippen molar-refractivity contribution in [1.82, 2.24) is 14.7 Å². The van der Waals surface area contributed by atoms with Crippen molar-refractivity contribution >= 4 is 23.6 Å². The average Bonchev–Trinajstić information content (AvgIpc) is 2.99. The quantitative estimate of drug-likeness (QED) is 0.736. The van der Waals surface area contributed by atoms with Crippen LogP contribution in [-0.2, 0) is 15.0 Å². The van der Waals surface area contributed by atoms with Crippen molar-refractivity contribution in [2.75, 3.05) is 39.3 Å². The smallest absolute Gasteiger partial charge is 0.236 e. The second kappa shape index (κ2) is 9.09. The van der Waals surface area contributed by atoms with E-state index in [1.807, 2.05) is 23.6 Å². The average molecular weight is 418 g/mol. The van der Waals surface area contributed by atoms with Gasteiger partial charge in [-0.1, -0.05) is 52.0 Å². The monoisotopic (exact) mass is 417 g/mol. The van der Waals surface area contributed by atoms with Crippen LogP contribution < -0.4 is 0 Å². The summed E-state index contributed by atoms with van der Waals surface area (Å²) in [5, 5.41) is 0.0933. The number of nitrogens with zero attached hydrogens (tertiary/aromatic N) is 3. The molecule has 29 heavy (non-hydrogen) atoms. The first-order valence-corrected chi connectivity index (χ1v) is 11.7. The van der Waals surface area contributed by atoms with Gasteiger partial charge in [0.15, 0.2) is 0 Å². The second-order valence-electron chi connectivity index (χ2n) is 9.11. The molecule has 0 N–H and O–H groups in total. The van der Waals surface area contributed by atoms with Gasteiger partial charge in [-0.15, -0.1) is 11.8 Å². The number of carbonyl (C=O) groups excluding carboxylic acids is 2. The first-order valence-electron chi connectivity index (χ1n) is 10.8. The molecule has 160 valence electrons. The fraction of sp³-hybridized carbons (Fsp3) is 0.652. The molecule has 3 rings (SSSR count). The van der Waals surface area contributed by atoms with E-state index in [4.69, 9.17) is 0 Å². The van der Waals surface area contributed by atoms with E-state index in [1.165, 1.54) is 11.1 Å². The molecule has 0 radical (unpaired) electrons. The van der Waals surface area contributed by atoms with E-state index >= 15 is 0 Å². The first-order chi connectivity index (χ1) is 13.7. The number of benzene rings is 1. The van der Waals surface area contributed by atoms with E-state index in [-0.39, 0.29) is 27.9 Å². The van der Waals surface area contributed by atoms with E-state index < -0.39 is 0 Å². The van der Waals surface area contributed by atoms with E-state index in [9.17, 15) is 9.59 Å². The van der Waals surface area contributed by atoms with Gasteiger partial charge in [-0.2, -0.15) is 0 Å². The zero-order valence-corrected chi connectivity index (χ0v) is 19.3. The van der Waals surface area contributed by atoms with Gasteiger partial charge in [-0.05, 0) is 23.5 Å². The maximum Gasteiger partial charge on any atom is 0.236 e. The van der Waals surface area contributed by atoms with Gasteiger partial charge in [0, 0.05) is 45.7 Å². The number of piperazine rings is 1. The number of carbonyl (C=O) groups is 2. The Labute approximate surface area is 179 Å². The summed E-state index contributed by atoms with van der Waals surface area (Å²) in [7, 11) is 0. The minimum atomic E-state index is 0.00122. The Hall–Kier alpha value is -1.53. The molecule has 0 bridgehead atoms. The third-order valence-corrected chi connectivity index (χ3v) is 7.39. The van der Waals surface area contributed by atoms with Crippen LogP contribution in [0.2, 0.25) is 0 Å². The molecule has 2 aliphatic heterocycles. The van der Waals surface area contributed by atoms with Gasteiger partial charge in [0.05, 0.1) is 5.25 Å². The van der Waals surface area contributed by atoms with Crippen LogP contribution in [0.4, 0.5) is 0 Å². The standard InChI is InChI=1S/C23H35N3O2S/c1-6-20(27)25-14-11-24(12-15-25)13-16-26-21(28)17(2)29-22(26)18-7-9-19(10-8-18)23(3,4)5/h7-10,17,22H,6,11-16H2,1-5H3/t17-,22-/m1/s1. The van der Waals surface area contributed by atoms with Crippen LogP contribution in [0.3, 0.4) is 0 Å². The number of amides is 2.